The SMILES string of the molecule is c1ccc(-c2nc(-c3ccccc3)nc(-c3ccc4c(c3)-c3ccccc3-c3cccc5c6c7oc8ccccc8c7ccc6n-4c35)n2)cc1. The van der Waals surface area contributed by atoms with Gasteiger partial charge in [-0.2, -0.15) is 0 Å². The van der Waals surface area contributed by atoms with Crippen LogP contribution < -0.4 is 0 Å². The Morgan fingerprint density at radius 3 is 1.76 bits per heavy atom. The first kappa shape index (κ1) is 27.1. The summed E-state index contributed by atoms with van der Waals surface area (Å²) < 4.78 is 9.04. The van der Waals surface area contributed by atoms with E-state index in [1.165, 1.54) is 27.6 Å². The predicted molar refractivity (Wildman–Crippen MR) is 202 cm³/mol. The van der Waals surface area contributed by atoms with Crippen LogP contribution >= 0.6 is 0 Å². The quantitative estimate of drug-likeness (QED) is 0.193. The lowest BCUT2D eigenvalue weighted by atomic mass is 9.92. The van der Waals surface area contributed by atoms with Crippen LogP contribution in [0, 0.1) is 0 Å². The minimum Gasteiger partial charge on any atom is -0.455 e. The Hall–Kier alpha value is -6.85. The van der Waals surface area contributed by atoms with Gasteiger partial charge in [-0.1, -0.05) is 121 Å². The summed E-state index contributed by atoms with van der Waals surface area (Å²) in [6.07, 6.45) is 0. The van der Waals surface area contributed by atoms with Crippen molar-refractivity contribution < 1.29 is 4.42 Å². The van der Waals surface area contributed by atoms with Crippen molar-refractivity contribution >= 4 is 43.7 Å². The summed E-state index contributed by atoms with van der Waals surface area (Å²) in [7, 11) is 0. The number of aromatic nitrogens is 4. The Morgan fingerprint density at radius 1 is 0.420 bits per heavy atom. The van der Waals surface area contributed by atoms with Crippen LogP contribution in [0.3, 0.4) is 0 Å². The highest BCUT2D eigenvalue weighted by molar-refractivity contribution is 6.26. The van der Waals surface area contributed by atoms with Crippen molar-refractivity contribution in [2.75, 3.05) is 0 Å². The summed E-state index contributed by atoms with van der Waals surface area (Å²) in [5.41, 5.74) is 12.7. The fourth-order valence-corrected chi connectivity index (χ4v) is 7.78. The maximum atomic E-state index is 6.62. The Morgan fingerprint density at radius 2 is 1.02 bits per heavy atom. The van der Waals surface area contributed by atoms with Crippen LogP contribution in [-0.4, -0.2) is 19.5 Å². The topological polar surface area (TPSA) is 56.7 Å². The van der Waals surface area contributed by atoms with Crippen LogP contribution in [0.25, 0.3) is 106 Å². The third kappa shape index (κ3) is 3.86. The third-order valence-electron chi connectivity index (χ3n) is 10.00. The molecule has 0 aliphatic carbocycles. The molecule has 232 valence electrons. The molecular weight excluding hydrogens is 613 g/mol. The highest BCUT2D eigenvalue weighted by Crippen LogP contribution is 2.49. The van der Waals surface area contributed by atoms with Crippen LogP contribution in [0.15, 0.2) is 162 Å². The van der Waals surface area contributed by atoms with Crippen molar-refractivity contribution in [3.05, 3.63) is 158 Å². The van der Waals surface area contributed by atoms with E-state index in [0.717, 1.165) is 60.8 Å². The molecule has 50 heavy (non-hydrogen) atoms. The zero-order valence-electron chi connectivity index (χ0n) is 26.7. The van der Waals surface area contributed by atoms with E-state index in [2.05, 4.69) is 95.6 Å². The highest BCUT2D eigenvalue weighted by Gasteiger charge is 2.27. The van der Waals surface area contributed by atoms with Crippen LogP contribution in [-0.2, 0) is 0 Å². The van der Waals surface area contributed by atoms with Gasteiger partial charge in [0.25, 0.3) is 0 Å². The molecule has 3 aromatic heterocycles. The Kier molecular flexibility index (Phi) is 5.60. The van der Waals surface area contributed by atoms with E-state index < -0.39 is 0 Å². The van der Waals surface area contributed by atoms with E-state index in [4.69, 9.17) is 19.4 Å². The van der Waals surface area contributed by atoms with E-state index in [0.29, 0.717) is 17.5 Å². The third-order valence-corrected chi connectivity index (χ3v) is 10.00. The summed E-state index contributed by atoms with van der Waals surface area (Å²) in [4.78, 5) is 15.0. The molecule has 10 aromatic rings. The van der Waals surface area contributed by atoms with Gasteiger partial charge >= 0.3 is 0 Å². The van der Waals surface area contributed by atoms with E-state index in [-0.39, 0.29) is 0 Å². The van der Waals surface area contributed by atoms with E-state index in [9.17, 15) is 0 Å². The van der Waals surface area contributed by atoms with Crippen molar-refractivity contribution in [2.24, 2.45) is 0 Å². The Balaban J connectivity index is 1.21. The molecule has 1 aliphatic rings. The number of hydrogen-bond acceptors (Lipinski definition) is 4. The van der Waals surface area contributed by atoms with Crippen LogP contribution in [0.5, 0.6) is 0 Å². The van der Waals surface area contributed by atoms with Gasteiger partial charge in [-0.25, -0.2) is 15.0 Å². The Bertz CT molecular complexity index is 2920. The number of rotatable bonds is 3. The molecule has 1 aliphatic heterocycles. The molecule has 0 fully saturated rings. The first-order valence-corrected chi connectivity index (χ1v) is 16.8. The van der Waals surface area contributed by atoms with Crippen molar-refractivity contribution in [1.82, 2.24) is 19.5 Å². The van der Waals surface area contributed by atoms with Gasteiger partial charge in [0, 0.05) is 44.0 Å². The van der Waals surface area contributed by atoms with Gasteiger partial charge in [0.2, 0.25) is 0 Å². The second kappa shape index (κ2) is 10.3. The van der Waals surface area contributed by atoms with Gasteiger partial charge in [-0.05, 0) is 47.5 Å². The normalized spacial score (nSPS) is 12.0. The maximum absolute atomic E-state index is 6.62. The second-order valence-electron chi connectivity index (χ2n) is 12.8. The van der Waals surface area contributed by atoms with Crippen molar-refractivity contribution in [1.29, 1.82) is 0 Å². The molecule has 0 unspecified atom stereocenters. The zero-order chi connectivity index (χ0) is 32.8. The lowest BCUT2D eigenvalue weighted by Gasteiger charge is -2.15. The summed E-state index contributed by atoms with van der Waals surface area (Å²) in [6, 6.07) is 54.9. The molecule has 0 radical (unpaired) electrons. The van der Waals surface area contributed by atoms with Crippen LogP contribution in [0.1, 0.15) is 0 Å². The molecule has 0 saturated heterocycles. The number of para-hydroxylation sites is 2. The largest absolute Gasteiger partial charge is 0.455 e. The van der Waals surface area contributed by atoms with Gasteiger partial charge in [-0.3, -0.25) is 0 Å². The summed E-state index contributed by atoms with van der Waals surface area (Å²) in [6.45, 7) is 0. The molecule has 0 amide bonds. The van der Waals surface area contributed by atoms with Crippen molar-refractivity contribution in [3.63, 3.8) is 0 Å². The van der Waals surface area contributed by atoms with Gasteiger partial charge in [-0.15, -0.1) is 0 Å². The first-order chi connectivity index (χ1) is 24.8. The van der Waals surface area contributed by atoms with E-state index in [1.807, 2.05) is 66.7 Å². The smallest absolute Gasteiger partial charge is 0.164 e. The molecule has 0 saturated carbocycles. The fraction of sp³-hybridized carbons (Fsp3) is 0. The molecule has 0 bridgehead atoms. The summed E-state index contributed by atoms with van der Waals surface area (Å²) in [5, 5.41) is 4.56. The number of hydrogen-bond donors (Lipinski definition) is 0. The average molecular weight is 639 g/mol. The van der Waals surface area contributed by atoms with E-state index >= 15 is 0 Å². The molecule has 5 heteroatoms. The van der Waals surface area contributed by atoms with E-state index in [1.54, 1.807) is 0 Å². The number of furan rings is 1. The lowest BCUT2D eigenvalue weighted by Crippen LogP contribution is -2.01. The molecule has 0 spiro atoms. The van der Waals surface area contributed by atoms with Crippen molar-refractivity contribution in [2.45, 2.75) is 0 Å². The minimum atomic E-state index is 0.631. The molecule has 4 heterocycles. The maximum Gasteiger partial charge on any atom is 0.164 e. The van der Waals surface area contributed by atoms with Gasteiger partial charge in [0.15, 0.2) is 17.5 Å². The number of nitrogens with zero attached hydrogens (tertiary/aromatic N) is 4. The molecule has 7 aromatic carbocycles. The molecule has 11 rings (SSSR count). The standard InChI is InChI=1S/C45H26N4O/c1-3-12-27(13-4-1)43-46-44(28-14-5-2-6-15-28)48-45(47-43)29-22-24-37-36(26-29)31-17-8-7-16-30(31)33-19-11-20-35-40-38(49(37)41(33)35)25-23-34-32-18-9-10-21-39(32)50-42(34)40/h1-26H. The predicted octanol–water partition coefficient (Wildman–Crippen LogP) is 11.5. The Labute approximate surface area is 286 Å². The van der Waals surface area contributed by atoms with Crippen molar-refractivity contribution in [3.8, 4) is 62.1 Å². The summed E-state index contributed by atoms with van der Waals surface area (Å²) in [5.74, 6) is 1.92. The molecule has 0 atom stereocenters. The van der Waals surface area contributed by atoms with Gasteiger partial charge in [0.1, 0.15) is 11.2 Å². The monoisotopic (exact) mass is 638 g/mol. The molecule has 5 nitrogen and oxygen atoms in total. The summed E-state index contributed by atoms with van der Waals surface area (Å²) >= 11 is 0. The van der Waals surface area contributed by atoms with Gasteiger partial charge in [0.05, 0.1) is 22.1 Å². The minimum absolute atomic E-state index is 0.631. The van der Waals surface area contributed by atoms with Gasteiger partial charge < -0.3 is 8.98 Å². The number of benzene rings is 7. The fourth-order valence-electron chi connectivity index (χ4n) is 7.78. The zero-order valence-corrected chi connectivity index (χ0v) is 26.7. The first-order valence-electron chi connectivity index (χ1n) is 16.8. The van der Waals surface area contributed by atoms with Crippen LogP contribution in [0.2, 0.25) is 0 Å². The molecule has 0 N–H and O–H groups in total. The second-order valence-corrected chi connectivity index (χ2v) is 12.8. The lowest BCUT2D eigenvalue weighted by molar-refractivity contribution is 0.673. The van der Waals surface area contributed by atoms with Crippen LogP contribution in [0.4, 0.5) is 0 Å². The molecular formula is C45H26N4O. The number of fused-ring (bicyclic) bond motifs is 12. The highest BCUT2D eigenvalue weighted by atomic mass is 16.3. The average Bonchev–Trinajstić information content (AvgIpc) is 3.70.